The summed E-state index contributed by atoms with van der Waals surface area (Å²) in [5.74, 6) is 0.153. The fourth-order valence-electron chi connectivity index (χ4n) is 2.15. The van der Waals surface area contributed by atoms with Gasteiger partial charge in [-0.05, 0) is 38.8 Å². The molecule has 0 aliphatic carbocycles. The van der Waals surface area contributed by atoms with E-state index in [2.05, 4.69) is 4.90 Å². The summed E-state index contributed by atoms with van der Waals surface area (Å²) in [7, 11) is 0. The highest BCUT2D eigenvalue weighted by Gasteiger charge is 2.28. The number of carbonyl (C=O) groups is 1. The Morgan fingerprint density at radius 3 is 2.89 bits per heavy atom. The number of ether oxygens (including phenoxy) is 1. The first-order valence-corrected chi connectivity index (χ1v) is 6.71. The molecule has 0 amide bonds. The number of hydrogen-bond donors (Lipinski definition) is 1. The second-order valence-electron chi connectivity index (χ2n) is 5.60. The monoisotopic (exact) mass is 263 g/mol. The van der Waals surface area contributed by atoms with Crippen molar-refractivity contribution in [3.05, 3.63) is 24.3 Å². The maximum atomic E-state index is 11.2. The molecule has 104 valence electrons. The van der Waals surface area contributed by atoms with Crippen molar-refractivity contribution < 1.29 is 14.6 Å². The van der Waals surface area contributed by atoms with E-state index in [9.17, 15) is 9.90 Å². The summed E-state index contributed by atoms with van der Waals surface area (Å²) < 4.78 is 5.70. The number of para-hydroxylation sites is 2. The summed E-state index contributed by atoms with van der Waals surface area (Å²) >= 11 is 0. The third-order valence-electron chi connectivity index (χ3n) is 3.62. The molecule has 1 heterocycles. The number of hydrogen-bond acceptors (Lipinski definition) is 3. The lowest BCUT2D eigenvalue weighted by molar-refractivity contribution is -0.147. The predicted octanol–water partition coefficient (Wildman–Crippen LogP) is 2.78. The van der Waals surface area contributed by atoms with Crippen molar-refractivity contribution in [3.8, 4) is 5.75 Å². The second kappa shape index (κ2) is 5.51. The third-order valence-corrected chi connectivity index (χ3v) is 3.62. The van der Waals surface area contributed by atoms with Crippen LogP contribution in [0, 0.1) is 5.41 Å². The molecule has 4 nitrogen and oxygen atoms in total. The van der Waals surface area contributed by atoms with Gasteiger partial charge in [-0.15, -0.1) is 0 Å². The van der Waals surface area contributed by atoms with Crippen LogP contribution in [0.5, 0.6) is 5.75 Å². The average molecular weight is 263 g/mol. The van der Waals surface area contributed by atoms with Gasteiger partial charge in [0.1, 0.15) is 5.75 Å². The van der Waals surface area contributed by atoms with Gasteiger partial charge in [0, 0.05) is 13.1 Å². The predicted molar refractivity (Wildman–Crippen MR) is 74.8 cm³/mol. The maximum Gasteiger partial charge on any atom is 0.309 e. The number of carboxylic acids is 1. The van der Waals surface area contributed by atoms with Gasteiger partial charge in [0.2, 0.25) is 0 Å². The Labute approximate surface area is 114 Å². The molecule has 0 bridgehead atoms. The molecular weight excluding hydrogens is 242 g/mol. The fraction of sp³-hybridized carbons (Fsp3) is 0.533. The number of benzene rings is 1. The van der Waals surface area contributed by atoms with Crippen LogP contribution in [-0.2, 0) is 4.79 Å². The fourth-order valence-corrected chi connectivity index (χ4v) is 2.15. The van der Waals surface area contributed by atoms with E-state index in [0.717, 1.165) is 37.6 Å². The lowest BCUT2D eigenvalue weighted by atomic mass is 9.89. The molecule has 0 spiro atoms. The molecule has 1 N–H and O–H groups in total. The molecule has 0 aromatic heterocycles. The summed E-state index contributed by atoms with van der Waals surface area (Å²) in [5.41, 5.74) is 0.378. The maximum absolute atomic E-state index is 11.2. The smallest absolute Gasteiger partial charge is 0.309 e. The van der Waals surface area contributed by atoms with Crippen LogP contribution in [0.1, 0.15) is 26.7 Å². The van der Waals surface area contributed by atoms with E-state index in [1.165, 1.54) is 0 Å². The van der Waals surface area contributed by atoms with Crippen LogP contribution < -0.4 is 9.64 Å². The topological polar surface area (TPSA) is 49.8 Å². The van der Waals surface area contributed by atoms with Crippen LogP contribution >= 0.6 is 0 Å². The molecule has 0 atom stereocenters. The van der Waals surface area contributed by atoms with E-state index < -0.39 is 11.4 Å². The van der Waals surface area contributed by atoms with Gasteiger partial charge in [0.25, 0.3) is 0 Å². The lowest BCUT2D eigenvalue weighted by Crippen LogP contribution is -2.32. The Bertz CT molecular complexity index is 456. The summed E-state index contributed by atoms with van der Waals surface area (Å²) in [6.07, 6.45) is 1.58. The van der Waals surface area contributed by atoms with Crippen molar-refractivity contribution in [2.75, 3.05) is 24.6 Å². The highest BCUT2D eigenvalue weighted by Crippen LogP contribution is 2.32. The van der Waals surface area contributed by atoms with Gasteiger partial charge in [0.15, 0.2) is 0 Å². The van der Waals surface area contributed by atoms with Gasteiger partial charge in [-0.2, -0.15) is 0 Å². The van der Waals surface area contributed by atoms with Crippen molar-refractivity contribution in [1.82, 2.24) is 0 Å². The van der Waals surface area contributed by atoms with Crippen LogP contribution in [0.2, 0.25) is 0 Å². The van der Waals surface area contributed by atoms with E-state index in [1.807, 2.05) is 24.3 Å². The van der Waals surface area contributed by atoms with Crippen molar-refractivity contribution in [3.63, 3.8) is 0 Å². The molecule has 0 saturated carbocycles. The minimum atomic E-state index is -0.744. The zero-order valence-corrected chi connectivity index (χ0v) is 11.6. The number of fused-ring (bicyclic) bond motifs is 1. The van der Waals surface area contributed by atoms with Crippen molar-refractivity contribution in [1.29, 1.82) is 0 Å². The van der Waals surface area contributed by atoms with E-state index in [4.69, 9.17) is 4.74 Å². The Morgan fingerprint density at radius 2 is 2.16 bits per heavy atom. The molecule has 0 saturated heterocycles. The molecule has 1 aromatic rings. The SMILES string of the molecule is CC(C)(CCN1CCCOc2ccccc21)C(=O)O. The van der Waals surface area contributed by atoms with Crippen molar-refractivity contribution in [2.45, 2.75) is 26.7 Å². The molecule has 0 fully saturated rings. The van der Waals surface area contributed by atoms with E-state index in [0.29, 0.717) is 6.42 Å². The van der Waals surface area contributed by atoms with Gasteiger partial charge in [-0.25, -0.2) is 0 Å². The van der Waals surface area contributed by atoms with Gasteiger partial charge >= 0.3 is 5.97 Å². The van der Waals surface area contributed by atoms with Crippen LogP contribution in [0.4, 0.5) is 5.69 Å². The van der Waals surface area contributed by atoms with Crippen LogP contribution in [0.15, 0.2) is 24.3 Å². The summed E-state index contributed by atoms with van der Waals surface area (Å²) in [6, 6.07) is 7.96. The van der Waals surface area contributed by atoms with Crippen LogP contribution in [0.3, 0.4) is 0 Å². The number of nitrogens with zero attached hydrogens (tertiary/aromatic N) is 1. The standard InChI is InChI=1S/C15H21NO3/c1-15(2,14(17)18)8-10-16-9-5-11-19-13-7-4-3-6-12(13)16/h3-4,6-7H,5,8-11H2,1-2H3,(H,17,18). The third kappa shape index (κ3) is 3.19. The van der Waals surface area contributed by atoms with Crippen LogP contribution in [0.25, 0.3) is 0 Å². The van der Waals surface area contributed by atoms with Gasteiger partial charge in [-0.3, -0.25) is 4.79 Å². The van der Waals surface area contributed by atoms with Crippen molar-refractivity contribution >= 4 is 11.7 Å². The molecule has 4 heteroatoms. The number of carboxylic acid groups (broad SMARTS) is 1. The average Bonchev–Trinajstić information content (AvgIpc) is 2.58. The Balaban J connectivity index is 2.10. The Kier molecular flexibility index (Phi) is 3.98. The van der Waals surface area contributed by atoms with Crippen molar-refractivity contribution in [2.24, 2.45) is 5.41 Å². The number of aliphatic carboxylic acids is 1. The first-order chi connectivity index (χ1) is 9.00. The van der Waals surface area contributed by atoms with Gasteiger partial charge < -0.3 is 14.7 Å². The number of anilines is 1. The lowest BCUT2D eigenvalue weighted by Gasteiger charge is -2.27. The highest BCUT2D eigenvalue weighted by molar-refractivity contribution is 5.73. The summed E-state index contributed by atoms with van der Waals surface area (Å²) in [4.78, 5) is 13.4. The Morgan fingerprint density at radius 1 is 1.42 bits per heavy atom. The highest BCUT2D eigenvalue weighted by atomic mass is 16.5. The zero-order chi connectivity index (χ0) is 13.9. The molecule has 1 aromatic carbocycles. The van der Waals surface area contributed by atoms with Gasteiger partial charge in [0.05, 0.1) is 17.7 Å². The second-order valence-corrected chi connectivity index (χ2v) is 5.60. The molecule has 2 rings (SSSR count). The first kappa shape index (κ1) is 13.7. The number of rotatable bonds is 4. The first-order valence-electron chi connectivity index (χ1n) is 6.71. The summed E-state index contributed by atoms with van der Waals surface area (Å²) in [6.45, 7) is 5.91. The molecular formula is C15H21NO3. The minimum absolute atomic E-state index is 0.622. The minimum Gasteiger partial charge on any atom is -0.491 e. The zero-order valence-electron chi connectivity index (χ0n) is 11.6. The molecule has 0 unspecified atom stereocenters. The largest absolute Gasteiger partial charge is 0.491 e. The van der Waals surface area contributed by atoms with E-state index in [1.54, 1.807) is 13.8 Å². The quantitative estimate of drug-likeness (QED) is 0.907. The molecule has 1 aliphatic heterocycles. The van der Waals surface area contributed by atoms with Gasteiger partial charge in [-0.1, -0.05) is 12.1 Å². The van der Waals surface area contributed by atoms with E-state index in [-0.39, 0.29) is 0 Å². The molecule has 1 aliphatic rings. The molecule has 0 radical (unpaired) electrons. The van der Waals surface area contributed by atoms with Crippen LogP contribution in [-0.4, -0.2) is 30.8 Å². The Hall–Kier alpha value is -1.71. The van der Waals surface area contributed by atoms with E-state index >= 15 is 0 Å². The normalized spacial score (nSPS) is 15.4. The summed E-state index contributed by atoms with van der Waals surface area (Å²) in [5, 5.41) is 9.18. The molecule has 19 heavy (non-hydrogen) atoms.